The molecule has 15 heavy (non-hydrogen) atoms. The summed E-state index contributed by atoms with van der Waals surface area (Å²) in [6, 6.07) is 2.14. The Kier molecular flexibility index (Phi) is 2.07. The van der Waals surface area contributed by atoms with E-state index in [1.807, 2.05) is 11.8 Å². The molecule has 0 saturated carbocycles. The Bertz CT molecular complexity index is 526. The molecule has 3 heterocycles. The van der Waals surface area contributed by atoms with E-state index >= 15 is 0 Å². The molecule has 2 aromatic heterocycles. The summed E-state index contributed by atoms with van der Waals surface area (Å²) >= 11 is 1.89. The first-order valence-electron chi connectivity index (χ1n) is 4.79. The smallest absolute Gasteiger partial charge is 0.163 e. The molecule has 5 heteroatoms. The van der Waals surface area contributed by atoms with Crippen LogP contribution < -0.4 is 5.73 Å². The highest BCUT2D eigenvalue weighted by molar-refractivity contribution is 7.98. The maximum atomic E-state index is 5.50. The Hall–Kier alpha value is -1.20. The van der Waals surface area contributed by atoms with Crippen LogP contribution in [0.4, 0.5) is 0 Å². The van der Waals surface area contributed by atoms with Crippen LogP contribution in [0.1, 0.15) is 17.1 Å². The van der Waals surface area contributed by atoms with Gasteiger partial charge in [-0.1, -0.05) is 0 Å². The van der Waals surface area contributed by atoms with E-state index in [9.17, 15) is 0 Å². The van der Waals surface area contributed by atoms with E-state index in [0.717, 1.165) is 28.2 Å². The molecule has 0 atom stereocenters. The predicted molar refractivity (Wildman–Crippen MR) is 60.2 cm³/mol. The van der Waals surface area contributed by atoms with Crippen molar-refractivity contribution in [2.75, 3.05) is 0 Å². The third kappa shape index (κ3) is 1.48. The summed E-state index contributed by atoms with van der Waals surface area (Å²) in [5, 5.41) is 1.01. The van der Waals surface area contributed by atoms with Crippen molar-refractivity contribution < 1.29 is 0 Å². The molecule has 0 aliphatic carbocycles. The molecule has 1 aliphatic heterocycles. The molecule has 0 unspecified atom stereocenters. The standard InChI is InChI=1S/C10H10N4S/c11-2-9-12-3-6-1-7-4-15-5-8(7)13-10(6)14-9/h1,3H,2,4-5,11H2. The molecule has 0 spiro atoms. The second kappa shape index (κ2) is 3.43. The SMILES string of the molecule is NCc1ncc2cc3c(nc2n1)CSC3. The minimum Gasteiger partial charge on any atom is -0.324 e. The number of rotatable bonds is 1. The van der Waals surface area contributed by atoms with Gasteiger partial charge >= 0.3 is 0 Å². The maximum absolute atomic E-state index is 5.50. The van der Waals surface area contributed by atoms with Crippen LogP contribution in [-0.2, 0) is 18.1 Å². The fraction of sp³-hybridized carbons (Fsp3) is 0.300. The van der Waals surface area contributed by atoms with Crippen molar-refractivity contribution >= 4 is 22.8 Å². The molecular weight excluding hydrogens is 208 g/mol. The molecule has 3 rings (SSSR count). The third-order valence-corrected chi connectivity index (χ3v) is 3.46. The second-order valence-electron chi connectivity index (χ2n) is 3.49. The van der Waals surface area contributed by atoms with Gasteiger partial charge < -0.3 is 5.73 Å². The van der Waals surface area contributed by atoms with Gasteiger partial charge in [-0.25, -0.2) is 15.0 Å². The fourth-order valence-corrected chi connectivity index (χ4v) is 2.70. The van der Waals surface area contributed by atoms with Crippen LogP contribution in [0.3, 0.4) is 0 Å². The summed E-state index contributed by atoms with van der Waals surface area (Å²) in [4.78, 5) is 13.0. The zero-order valence-electron chi connectivity index (χ0n) is 8.10. The Morgan fingerprint density at radius 1 is 1.33 bits per heavy atom. The van der Waals surface area contributed by atoms with Gasteiger partial charge in [-0.2, -0.15) is 11.8 Å². The van der Waals surface area contributed by atoms with Crippen molar-refractivity contribution in [1.82, 2.24) is 15.0 Å². The van der Waals surface area contributed by atoms with Crippen molar-refractivity contribution in [3.8, 4) is 0 Å². The van der Waals surface area contributed by atoms with Gasteiger partial charge in [0.1, 0.15) is 5.82 Å². The van der Waals surface area contributed by atoms with Crippen LogP contribution in [0.5, 0.6) is 0 Å². The van der Waals surface area contributed by atoms with Crippen LogP contribution in [0.15, 0.2) is 12.3 Å². The second-order valence-corrected chi connectivity index (χ2v) is 4.48. The zero-order chi connectivity index (χ0) is 10.3. The zero-order valence-corrected chi connectivity index (χ0v) is 8.92. The van der Waals surface area contributed by atoms with Crippen molar-refractivity contribution in [2.45, 2.75) is 18.1 Å². The van der Waals surface area contributed by atoms with Crippen LogP contribution in [0, 0.1) is 0 Å². The van der Waals surface area contributed by atoms with E-state index in [1.54, 1.807) is 6.20 Å². The normalized spacial score (nSPS) is 14.5. The first-order valence-corrected chi connectivity index (χ1v) is 5.94. The number of thioether (sulfide) groups is 1. The molecule has 2 aromatic rings. The summed E-state index contributed by atoms with van der Waals surface area (Å²) in [5.74, 6) is 2.70. The average Bonchev–Trinajstić information content (AvgIpc) is 2.72. The molecule has 0 radical (unpaired) electrons. The highest BCUT2D eigenvalue weighted by atomic mass is 32.2. The van der Waals surface area contributed by atoms with Crippen molar-refractivity contribution in [3.63, 3.8) is 0 Å². The molecule has 0 fully saturated rings. The number of aromatic nitrogens is 3. The van der Waals surface area contributed by atoms with Crippen molar-refractivity contribution in [1.29, 1.82) is 0 Å². The van der Waals surface area contributed by atoms with Crippen LogP contribution in [0.2, 0.25) is 0 Å². The average molecular weight is 218 g/mol. The summed E-state index contributed by atoms with van der Waals surface area (Å²) in [6.07, 6.45) is 1.81. The Labute approximate surface area is 91.3 Å². The summed E-state index contributed by atoms with van der Waals surface area (Å²) < 4.78 is 0. The van der Waals surface area contributed by atoms with Gasteiger partial charge in [0.2, 0.25) is 0 Å². The molecule has 0 aromatic carbocycles. The Balaban J connectivity index is 2.24. The van der Waals surface area contributed by atoms with Gasteiger partial charge in [0.25, 0.3) is 0 Å². The van der Waals surface area contributed by atoms with E-state index in [1.165, 1.54) is 5.56 Å². The number of nitrogens with zero attached hydrogens (tertiary/aromatic N) is 3. The summed E-state index contributed by atoms with van der Waals surface area (Å²) in [7, 11) is 0. The third-order valence-electron chi connectivity index (χ3n) is 2.47. The molecule has 0 amide bonds. The lowest BCUT2D eigenvalue weighted by atomic mass is 10.2. The van der Waals surface area contributed by atoms with Crippen LogP contribution >= 0.6 is 11.8 Å². The van der Waals surface area contributed by atoms with Gasteiger partial charge in [0, 0.05) is 23.1 Å². The molecule has 0 bridgehead atoms. The minimum atomic E-state index is 0.365. The largest absolute Gasteiger partial charge is 0.324 e. The Morgan fingerprint density at radius 3 is 3.13 bits per heavy atom. The van der Waals surface area contributed by atoms with Gasteiger partial charge in [0.15, 0.2) is 5.65 Å². The first kappa shape index (κ1) is 9.06. The van der Waals surface area contributed by atoms with Gasteiger partial charge in [-0.05, 0) is 11.6 Å². The molecule has 1 aliphatic rings. The molecule has 76 valence electrons. The lowest BCUT2D eigenvalue weighted by molar-refractivity contribution is 0.918. The number of hydrogen-bond donors (Lipinski definition) is 1. The molecule has 0 saturated heterocycles. The summed E-state index contributed by atoms with van der Waals surface area (Å²) in [5.41, 5.74) is 8.74. The van der Waals surface area contributed by atoms with E-state index in [-0.39, 0.29) is 0 Å². The first-order chi connectivity index (χ1) is 7.36. The lowest BCUT2D eigenvalue weighted by Gasteiger charge is -2.02. The number of nitrogens with two attached hydrogens (primary N) is 1. The quantitative estimate of drug-likeness (QED) is 0.780. The monoisotopic (exact) mass is 218 g/mol. The number of hydrogen-bond acceptors (Lipinski definition) is 5. The molecular formula is C10H10N4S. The van der Waals surface area contributed by atoms with Gasteiger partial charge in [-0.3, -0.25) is 0 Å². The maximum Gasteiger partial charge on any atom is 0.163 e. The minimum absolute atomic E-state index is 0.365. The number of fused-ring (bicyclic) bond motifs is 2. The van der Waals surface area contributed by atoms with Crippen molar-refractivity contribution in [3.05, 3.63) is 29.3 Å². The highest BCUT2D eigenvalue weighted by Crippen LogP contribution is 2.29. The fourth-order valence-electron chi connectivity index (χ4n) is 1.69. The van der Waals surface area contributed by atoms with Gasteiger partial charge in [0.05, 0.1) is 12.2 Å². The van der Waals surface area contributed by atoms with E-state index < -0.39 is 0 Å². The van der Waals surface area contributed by atoms with Crippen LogP contribution in [-0.4, -0.2) is 15.0 Å². The number of pyridine rings is 1. The summed E-state index contributed by atoms with van der Waals surface area (Å²) in [6.45, 7) is 0.365. The van der Waals surface area contributed by atoms with E-state index in [2.05, 4.69) is 21.0 Å². The molecule has 2 N–H and O–H groups in total. The van der Waals surface area contributed by atoms with E-state index in [0.29, 0.717) is 12.4 Å². The van der Waals surface area contributed by atoms with E-state index in [4.69, 9.17) is 5.73 Å². The van der Waals surface area contributed by atoms with Crippen LogP contribution in [0.25, 0.3) is 11.0 Å². The lowest BCUT2D eigenvalue weighted by Crippen LogP contribution is -2.04. The molecule has 4 nitrogen and oxygen atoms in total. The topological polar surface area (TPSA) is 64.7 Å². The predicted octanol–water partition coefficient (Wildman–Crippen LogP) is 1.23. The van der Waals surface area contributed by atoms with Crippen molar-refractivity contribution in [2.24, 2.45) is 5.73 Å². The highest BCUT2D eigenvalue weighted by Gasteiger charge is 2.14. The Morgan fingerprint density at radius 2 is 2.27 bits per heavy atom. The van der Waals surface area contributed by atoms with Gasteiger partial charge in [-0.15, -0.1) is 0 Å².